The van der Waals surface area contributed by atoms with Crippen LogP contribution in [0.5, 0.6) is 5.75 Å². The van der Waals surface area contributed by atoms with Crippen LogP contribution in [0.25, 0.3) is 0 Å². The van der Waals surface area contributed by atoms with Crippen LogP contribution in [-0.2, 0) is 48.1 Å². The summed E-state index contributed by atoms with van der Waals surface area (Å²) in [5.41, 5.74) is -0.223. The molecule has 0 spiro atoms. The summed E-state index contributed by atoms with van der Waals surface area (Å²) >= 11 is 0. The fourth-order valence-electron chi connectivity index (χ4n) is 3.35. The van der Waals surface area contributed by atoms with Gasteiger partial charge in [-0.15, -0.1) is 5.10 Å². The van der Waals surface area contributed by atoms with Gasteiger partial charge in [0.2, 0.25) is 0 Å². The fraction of sp³-hybridized carbons (Fsp3) is 0.556. The molecule has 1 aromatic heterocycles. The van der Waals surface area contributed by atoms with Crippen LogP contribution >= 0.6 is 0 Å². The van der Waals surface area contributed by atoms with E-state index >= 15 is 0 Å². The van der Waals surface area contributed by atoms with E-state index in [1.807, 2.05) is 0 Å². The lowest BCUT2D eigenvalue weighted by atomic mass is 10.1. The van der Waals surface area contributed by atoms with Crippen molar-refractivity contribution in [2.24, 2.45) is 0 Å². The number of nitrogens with one attached hydrogen (secondary N) is 2. The lowest BCUT2D eigenvalue weighted by Crippen LogP contribution is -2.46. The Bertz CT molecular complexity index is 1180. The Labute approximate surface area is 239 Å². The monoisotopic (exact) mass is 577 g/mol. The van der Waals surface area contributed by atoms with Crippen molar-refractivity contribution in [3.8, 4) is 5.75 Å². The molecule has 0 unspecified atom stereocenters. The molecule has 2 amide bonds. The van der Waals surface area contributed by atoms with E-state index in [1.54, 1.807) is 72.0 Å². The molecule has 0 saturated carbocycles. The smallest absolute Gasteiger partial charge is 0.408 e. The molecule has 1 heterocycles. The van der Waals surface area contributed by atoms with E-state index in [0.29, 0.717) is 11.4 Å². The van der Waals surface area contributed by atoms with Crippen molar-refractivity contribution in [2.45, 2.75) is 84.4 Å². The van der Waals surface area contributed by atoms with Gasteiger partial charge >= 0.3 is 24.1 Å². The Morgan fingerprint density at radius 1 is 0.829 bits per heavy atom. The number of benzene rings is 1. The van der Waals surface area contributed by atoms with Gasteiger partial charge in [0, 0.05) is 6.42 Å². The van der Waals surface area contributed by atoms with Crippen molar-refractivity contribution >= 4 is 24.1 Å². The number of methoxy groups -OCH3 is 2. The number of esters is 2. The molecule has 0 aliphatic carbocycles. The third kappa shape index (κ3) is 12.1. The summed E-state index contributed by atoms with van der Waals surface area (Å²) in [6.45, 7) is 10.3. The summed E-state index contributed by atoms with van der Waals surface area (Å²) in [5, 5.41) is 13.0. The van der Waals surface area contributed by atoms with E-state index in [0.717, 1.165) is 5.56 Å². The van der Waals surface area contributed by atoms with Gasteiger partial charge in [0.15, 0.2) is 0 Å². The van der Waals surface area contributed by atoms with Crippen LogP contribution < -0.4 is 15.4 Å². The number of aromatic nitrogens is 3. The van der Waals surface area contributed by atoms with Crippen LogP contribution in [0.3, 0.4) is 0 Å². The Morgan fingerprint density at radius 3 is 1.85 bits per heavy atom. The van der Waals surface area contributed by atoms with Gasteiger partial charge in [0.1, 0.15) is 41.3 Å². The third-order valence-electron chi connectivity index (χ3n) is 5.06. The molecule has 2 N–H and O–H groups in total. The number of hydrogen-bond donors (Lipinski definition) is 2. The second-order valence-electron chi connectivity index (χ2n) is 11.0. The normalized spacial score (nSPS) is 12.9. The van der Waals surface area contributed by atoms with Crippen molar-refractivity contribution in [1.82, 2.24) is 25.6 Å². The molecule has 226 valence electrons. The van der Waals surface area contributed by atoms with Gasteiger partial charge in [-0.1, -0.05) is 17.3 Å². The van der Waals surface area contributed by atoms with E-state index in [4.69, 9.17) is 23.7 Å². The molecule has 1 aromatic carbocycles. The van der Waals surface area contributed by atoms with Gasteiger partial charge in [-0.05, 0) is 59.2 Å². The minimum Gasteiger partial charge on any atom is -0.487 e. The van der Waals surface area contributed by atoms with Crippen LogP contribution in [0.4, 0.5) is 9.59 Å². The van der Waals surface area contributed by atoms with Crippen molar-refractivity contribution in [1.29, 1.82) is 0 Å². The largest absolute Gasteiger partial charge is 0.487 e. The van der Waals surface area contributed by atoms with Crippen LogP contribution in [0, 0.1) is 0 Å². The highest BCUT2D eigenvalue weighted by Gasteiger charge is 2.27. The Hall–Kier alpha value is -4.36. The number of hydrogen-bond acceptors (Lipinski definition) is 11. The maximum atomic E-state index is 12.2. The molecule has 0 bridgehead atoms. The van der Waals surface area contributed by atoms with Gasteiger partial charge in [-0.25, -0.2) is 23.9 Å². The van der Waals surface area contributed by atoms with Crippen LogP contribution in [-0.4, -0.2) is 76.6 Å². The summed E-state index contributed by atoms with van der Waals surface area (Å²) in [7, 11) is 2.46. The predicted molar refractivity (Wildman–Crippen MR) is 145 cm³/mol. The number of carbonyl (C=O) groups is 4. The highest BCUT2D eigenvalue weighted by Crippen LogP contribution is 2.16. The maximum absolute atomic E-state index is 12.2. The number of nitrogens with zero attached hydrogens (tertiary/aromatic N) is 3. The molecule has 0 radical (unpaired) electrons. The minimum absolute atomic E-state index is 0.0354. The molecular weight excluding hydrogens is 538 g/mol. The zero-order chi connectivity index (χ0) is 30.8. The van der Waals surface area contributed by atoms with Crippen molar-refractivity contribution in [3.05, 3.63) is 41.7 Å². The number of ether oxygens (including phenoxy) is 5. The molecule has 14 heteroatoms. The standard InChI is InChI=1S/C27H39N5O9/c1-26(2,3)40-24(35)28-20(22(33)37-7)13-17-9-11-19(12-10-17)39-16-18-14-32(31-30-18)15-21(23(34)38-8)29-25(36)41-27(4,5)6/h9-12,14,20-21H,13,15-16H2,1-8H3,(H,28,35)(H,29,36)/t20-,21-/m0/s1. The highest BCUT2D eigenvalue weighted by molar-refractivity contribution is 5.82. The number of amides is 2. The Kier molecular flexibility index (Phi) is 11.5. The van der Waals surface area contributed by atoms with E-state index in [9.17, 15) is 19.2 Å². The Morgan fingerprint density at radius 2 is 1.34 bits per heavy atom. The predicted octanol–water partition coefficient (Wildman–Crippen LogP) is 2.53. The molecule has 2 rings (SSSR count). The summed E-state index contributed by atoms with van der Waals surface area (Å²) in [6.07, 6.45) is 0.266. The summed E-state index contributed by atoms with van der Waals surface area (Å²) < 4.78 is 27.2. The van der Waals surface area contributed by atoms with Crippen molar-refractivity contribution in [2.75, 3.05) is 14.2 Å². The summed E-state index contributed by atoms with van der Waals surface area (Å²) in [5.74, 6) is -0.743. The molecule has 0 saturated heterocycles. The SMILES string of the molecule is COC(=O)[C@H](Cc1ccc(OCc2cn(C[C@H](NC(=O)OC(C)(C)C)C(=O)OC)nn2)cc1)NC(=O)OC(C)(C)C. The van der Waals surface area contributed by atoms with Gasteiger partial charge < -0.3 is 34.3 Å². The first-order valence-corrected chi connectivity index (χ1v) is 12.8. The molecule has 2 atom stereocenters. The van der Waals surface area contributed by atoms with Crippen LogP contribution in [0.15, 0.2) is 30.5 Å². The maximum Gasteiger partial charge on any atom is 0.408 e. The number of alkyl carbamates (subject to hydrolysis) is 2. The zero-order valence-electron chi connectivity index (χ0n) is 24.7. The van der Waals surface area contributed by atoms with E-state index < -0.39 is 47.4 Å². The second kappa shape index (κ2) is 14.3. The lowest BCUT2D eigenvalue weighted by molar-refractivity contribution is -0.144. The number of carbonyl (C=O) groups excluding carboxylic acids is 4. The van der Waals surface area contributed by atoms with Crippen LogP contribution in [0.2, 0.25) is 0 Å². The Balaban J connectivity index is 1.96. The van der Waals surface area contributed by atoms with Crippen molar-refractivity contribution < 1.29 is 42.9 Å². The fourth-order valence-corrected chi connectivity index (χ4v) is 3.35. The molecule has 14 nitrogen and oxygen atoms in total. The first-order valence-electron chi connectivity index (χ1n) is 12.8. The molecule has 2 aromatic rings. The quantitative estimate of drug-likeness (QED) is 0.297. The van der Waals surface area contributed by atoms with Gasteiger partial charge in [-0.3, -0.25) is 0 Å². The molecule has 0 fully saturated rings. The van der Waals surface area contributed by atoms with Gasteiger partial charge in [0.25, 0.3) is 0 Å². The topological polar surface area (TPSA) is 169 Å². The van der Waals surface area contributed by atoms with E-state index in [-0.39, 0.29) is 19.6 Å². The third-order valence-corrected chi connectivity index (χ3v) is 5.06. The van der Waals surface area contributed by atoms with Crippen molar-refractivity contribution in [3.63, 3.8) is 0 Å². The average molecular weight is 578 g/mol. The minimum atomic E-state index is -1.04. The van der Waals surface area contributed by atoms with E-state index in [1.165, 1.54) is 18.9 Å². The average Bonchev–Trinajstić information content (AvgIpc) is 3.31. The first kappa shape index (κ1) is 32.8. The first-order chi connectivity index (χ1) is 19.1. The lowest BCUT2D eigenvalue weighted by Gasteiger charge is -2.22. The summed E-state index contributed by atoms with van der Waals surface area (Å²) in [6, 6.07) is 4.94. The molecule has 41 heavy (non-hydrogen) atoms. The zero-order valence-corrected chi connectivity index (χ0v) is 24.7. The van der Waals surface area contributed by atoms with Gasteiger partial charge in [0.05, 0.1) is 27.0 Å². The number of rotatable bonds is 11. The molecular formula is C27H39N5O9. The molecule has 0 aliphatic heterocycles. The van der Waals surface area contributed by atoms with Crippen LogP contribution in [0.1, 0.15) is 52.8 Å². The summed E-state index contributed by atoms with van der Waals surface area (Å²) in [4.78, 5) is 48.6. The van der Waals surface area contributed by atoms with E-state index in [2.05, 4.69) is 20.9 Å². The molecule has 0 aliphatic rings. The highest BCUT2D eigenvalue weighted by atomic mass is 16.6. The van der Waals surface area contributed by atoms with Gasteiger partial charge in [-0.2, -0.15) is 0 Å². The second-order valence-corrected chi connectivity index (χ2v) is 11.0.